The van der Waals surface area contributed by atoms with Crippen molar-refractivity contribution in [3.63, 3.8) is 0 Å². The third-order valence-electron chi connectivity index (χ3n) is 3.94. The minimum absolute atomic E-state index is 0. The predicted octanol–water partition coefficient (Wildman–Crippen LogP) is 2.38. The maximum absolute atomic E-state index is 12.0. The van der Waals surface area contributed by atoms with Crippen LogP contribution in [0.15, 0.2) is 24.3 Å². The number of halogens is 1. The first kappa shape index (κ1) is 20.3. The Bertz CT molecular complexity index is 533. The number of piperidine rings is 1. The fourth-order valence-corrected chi connectivity index (χ4v) is 2.59. The van der Waals surface area contributed by atoms with Gasteiger partial charge in [0.1, 0.15) is 5.75 Å². The molecule has 7 heteroatoms. The van der Waals surface area contributed by atoms with Gasteiger partial charge in [-0.1, -0.05) is 6.07 Å². The zero-order valence-electron chi connectivity index (χ0n) is 13.9. The first-order chi connectivity index (χ1) is 11.2. The van der Waals surface area contributed by atoms with Gasteiger partial charge in [0.25, 0.3) is 0 Å². The van der Waals surface area contributed by atoms with Gasteiger partial charge in [-0.3, -0.25) is 4.79 Å². The van der Waals surface area contributed by atoms with Crippen LogP contribution in [-0.2, 0) is 14.3 Å². The molecule has 1 aliphatic heterocycles. The number of ether oxygens (including phenoxy) is 2. The monoisotopic (exact) mass is 356 g/mol. The van der Waals surface area contributed by atoms with E-state index in [1.54, 1.807) is 24.3 Å². The van der Waals surface area contributed by atoms with E-state index >= 15 is 0 Å². The number of hydrogen-bond donors (Lipinski definition) is 2. The molecule has 1 saturated heterocycles. The molecule has 0 aromatic heterocycles. The molecule has 1 aliphatic rings. The van der Waals surface area contributed by atoms with E-state index < -0.39 is 5.97 Å². The second-order valence-electron chi connectivity index (χ2n) is 5.67. The fourth-order valence-electron chi connectivity index (χ4n) is 2.59. The van der Waals surface area contributed by atoms with Gasteiger partial charge in [-0.15, -0.1) is 12.4 Å². The lowest BCUT2D eigenvalue weighted by molar-refractivity contribution is -0.142. The van der Waals surface area contributed by atoms with Crippen LogP contribution in [0.1, 0.15) is 25.7 Å². The minimum Gasteiger partial charge on any atom is -0.482 e. The molecule has 1 aromatic carbocycles. The molecule has 1 fully saturated rings. The fraction of sp³-hybridized carbons (Fsp3) is 0.529. The molecule has 1 amide bonds. The average Bonchev–Trinajstić information content (AvgIpc) is 2.59. The van der Waals surface area contributed by atoms with Gasteiger partial charge < -0.3 is 20.1 Å². The third kappa shape index (κ3) is 7.19. The highest BCUT2D eigenvalue weighted by Crippen LogP contribution is 2.20. The lowest BCUT2D eigenvalue weighted by atomic mass is 9.93. The maximum Gasteiger partial charge on any atom is 0.343 e. The Balaban J connectivity index is 0.00000288. The standard InChI is InChI=1S/C17H24N2O4.ClH/c1-22-17(21)12-23-15-4-2-3-14(11-15)19-16(20)6-5-13-7-9-18-10-8-13;/h2-4,11,13,18H,5-10,12H2,1H3,(H,19,20);1H. The molecule has 6 nitrogen and oxygen atoms in total. The number of carbonyl (C=O) groups excluding carboxylic acids is 2. The molecular formula is C17H25ClN2O4. The molecule has 24 heavy (non-hydrogen) atoms. The summed E-state index contributed by atoms with van der Waals surface area (Å²) in [7, 11) is 1.31. The summed E-state index contributed by atoms with van der Waals surface area (Å²) in [6.45, 7) is 1.95. The van der Waals surface area contributed by atoms with Crippen LogP contribution >= 0.6 is 12.4 Å². The summed E-state index contributed by atoms with van der Waals surface area (Å²) in [5.41, 5.74) is 0.669. The van der Waals surface area contributed by atoms with Crippen LogP contribution < -0.4 is 15.4 Å². The Kier molecular flexibility index (Phi) is 9.19. The summed E-state index contributed by atoms with van der Waals surface area (Å²) in [6, 6.07) is 7.00. The first-order valence-electron chi connectivity index (χ1n) is 7.97. The number of amides is 1. The molecule has 0 spiro atoms. The molecule has 2 N–H and O–H groups in total. The summed E-state index contributed by atoms with van der Waals surface area (Å²) in [5, 5.41) is 6.20. The maximum atomic E-state index is 12.0. The van der Waals surface area contributed by atoms with Crippen molar-refractivity contribution in [1.82, 2.24) is 5.32 Å². The normalized spacial score (nSPS) is 14.4. The van der Waals surface area contributed by atoms with Crippen LogP contribution in [0.25, 0.3) is 0 Å². The Morgan fingerprint density at radius 3 is 2.75 bits per heavy atom. The zero-order valence-corrected chi connectivity index (χ0v) is 14.7. The van der Waals surface area contributed by atoms with Gasteiger partial charge in [0, 0.05) is 18.2 Å². The quantitative estimate of drug-likeness (QED) is 0.733. The van der Waals surface area contributed by atoms with Crippen molar-refractivity contribution < 1.29 is 19.1 Å². The van der Waals surface area contributed by atoms with Gasteiger partial charge >= 0.3 is 5.97 Å². The Labute approximate surface area is 148 Å². The van der Waals surface area contributed by atoms with E-state index in [-0.39, 0.29) is 24.9 Å². The molecule has 2 rings (SSSR count). The first-order valence-corrected chi connectivity index (χ1v) is 7.97. The molecule has 0 radical (unpaired) electrons. The molecule has 1 heterocycles. The van der Waals surface area contributed by atoms with Crippen molar-refractivity contribution in [1.29, 1.82) is 0 Å². The second-order valence-corrected chi connectivity index (χ2v) is 5.67. The van der Waals surface area contributed by atoms with E-state index in [1.807, 2.05) is 0 Å². The largest absolute Gasteiger partial charge is 0.482 e. The van der Waals surface area contributed by atoms with Gasteiger partial charge in [0.05, 0.1) is 7.11 Å². The van der Waals surface area contributed by atoms with Crippen LogP contribution in [0.3, 0.4) is 0 Å². The average molecular weight is 357 g/mol. The summed E-state index contributed by atoms with van der Waals surface area (Å²) in [5.74, 6) is 0.721. The molecule has 0 saturated carbocycles. The lowest BCUT2D eigenvalue weighted by Crippen LogP contribution is -2.28. The van der Waals surface area contributed by atoms with E-state index in [4.69, 9.17) is 4.74 Å². The van der Waals surface area contributed by atoms with Crippen LogP contribution in [0.4, 0.5) is 5.69 Å². The van der Waals surface area contributed by atoms with E-state index in [9.17, 15) is 9.59 Å². The predicted molar refractivity (Wildman–Crippen MR) is 94.7 cm³/mol. The number of hydrogen-bond acceptors (Lipinski definition) is 5. The van der Waals surface area contributed by atoms with Crippen LogP contribution in [0.2, 0.25) is 0 Å². The number of esters is 1. The van der Waals surface area contributed by atoms with Crippen LogP contribution in [0, 0.1) is 5.92 Å². The van der Waals surface area contributed by atoms with Crippen LogP contribution in [-0.4, -0.2) is 38.7 Å². The summed E-state index contributed by atoms with van der Waals surface area (Å²) >= 11 is 0. The van der Waals surface area contributed by atoms with Gasteiger partial charge in [-0.05, 0) is 50.4 Å². The highest BCUT2D eigenvalue weighted by molar-refractivity contribution is 5.90. The van der Waals surface area contributed by atoms with Crippen LogP contribution in [0.5, 0.6) is 5.75 Å². The van der Waals surface area contributed by atoms with Crippen molar-refractivity contribution in [3.8, 4) is 5.75 Å². The number of nitrogens with one attached hydrogen (secondary N) is 2. The van der Waals surface area contributed by atoms with Gasteiger partial charge in [0.2, 0.25) is 5.91 Å². The van der Waals surface area contributed by atoms with Crippen molar-refractivity contribution in [3.05, 3.63) is 24.3 Å². The molecule has 0 atom stereocenters. The number of carbonyl (C=O) groups is 2. The highest BCUT2D eigenvalue weighted by Gasteiger charge is 2.14. The molecule has 0 bridgehead atoms. The number of methoxy groups -OCH3 is 1. The molecule has 0 unspecified atom stereocenters. The van der Waals surface area contributed by atoms with Crippen molar-refractivity contribution in [2.24, 2.45) is 5.92 Å². The Hall–Kier alpha value is -1.79. The number of benzene rings is 1. The zero-order chi connectivity index (χ0) is 16.5. The molecule has 1 aromatic rings. The molecular weight excluding hydrogens is 332 g/mol. The van der Waals surface area contributed by atoms with E-state index in [0.717, 1.165) is 32.4 Å². The topological polar surface area (TPSA) is 76.7 Å². The van der Waals surface area contributed by atoms with E-state index in [2.05, 4.69) is 15.4 Å². The lowest BCUT2D eigenvalue weighted by Gasteiger charge is -2.22. The third-order valence-corrected chi connectivity index (χ3v) is 3.94. The SMILES string of the molecule is COC(=O)COc1cccc(NC(=O)CCC2CCNCC2)c1.Cl. The molecule has 134 valence electrons. The summed E-state index contributed by atoms with van der Waals surface area (Å²) < 4.78 is 9.82. The smallest absolute Gasteiger partial charge is 0.343 e. The summed E-state index contributed by atoms with van der Waals surface area (Å²) in [4.78, 5) is 23.1. The molecule has 0 aliphatic carbocycles. The van der Waals surface area contributed by atoms with Gasteiger partial charge in [-0.25, -0.2) is 4.79 Å². The Morgan fingerprint density at radius 1 is 1.29 bits per heavy atom. The number of rotatable bonds is 7. The van der Waals surface area contributed by atoms with E-state index in [0.29, 0.717) is 23.8 Å². The van der Waals surface area contributed by atoms with Crippen molar-refractivity contribution >= 4 is 30.0 Å². The highest BCUT2D eigenvalue weighted by atomic mass is 35.5. The van der Waals surface area contributed by atoms with Gasteiger partial charge in [-0.2, -0.15) is 0 Å². The van der Waals surface area contributed by atoms with E-state index in [1.165, 1.54) is 7.11 Å². The summed E-state index contributed by atoms with van der Waals surface area (Å²) in [6.07, 6.45) is 3.73. The minimum atomic E-state index is -0.443. The number of anilines is 1. The van der Waals surface area contributed by atoms with Crippen molar-refractivity contribution in [2.45, 2.75) is 25.7 Å². The second kappa shape index (κ2) is 10.9. The van der Waals surface area contributed by atoms with Gasteiger partial charge in [0.15, 0.2) is 6.61 Å². The Morgan fingerprint density at radius 2 is 2.04 bits per heavy atom. The van der Waals surface area contributed by atoms with Crippen molar-refractivity contribution in [2.75, 3.05) is 32.1 Å².